The van der Waals surface area contributed by atoms with E-state index in [9.17, 15) is 39.6 Å². The van der Waals surface area contributed by atoms with Gasteiger partial charge in [0.05, 0.1) is 28.6 Å². The van der Waals surface area contributed by atoms with Crippen LogP contribution in [0.25, 0.3) is 0 Å². The van der Waals surface area contributed by atoms with Crippen molar-refractivity contribution in [2.45, 2.75) is 30.1 Å². The zero-order chi connectivity index (χ0) is 22.0. The molecule has 160 valence electrons. The molecule has 29 heavy (non-hydrogen) atoms. The lowest BCUT2D eigenvalue weighted by molar-refractivity contribution is -0.149. The first-order valence-electron chi connectivity index (χ1n) is 8.20. The standard InChI is InChI=1S/C16H15F6N3O3S/c17-15(18,19)9-25-5-3-10(4-6-25)14(26)24-29(27,28)12-2-1-11(8-23)13(7-12)16(20,21)22/h1-2,7,10H,3-6,9H2,(H,24,26). The molecule has 1 fully saturated rings. The van der Waals surface area contributed by atoms with Crippen LogP contribution in [0.4, 0.5) is 26.3 Å². The minimum absolute atomic E-state index is 0.0292. The van der Waals surface area contributed by atoms with E-state index in [4.69, 9.17) is 5.26 Å². The van der Waals surface area contributed by atoms with Gasteiger partial charge in [0, 0.05) is 5.92 Å². The number of nitriles is 1. The molecule has 0 aliphatic carbocycles. The van der Waals surface area contributed by atoms with Crippen LogP contribution in [0.1, 0.15) is 24.0 Å². The minimum atomic E-state index is -4.98. The van der Waals surface area contributed by atoms with Gasteiger partial charge < -0.3 is 0 Å². The molecule has 13 heteroatoms. The highest BCUT2D eigenvalue weighted by atomic mass is 32.2. The molecule has 1 aliphatic rings. The summed E-state index contributed by atoms with van der Waals surface area (Å²) < 4.78 is 102. The van der Waals surface area contributed by atoms with Crippen LogP contribution in [0.3, 0.4) is 0 Å². The van der Waals surface area contributed by atoms with Gasteiger partial charge in [-0.25, -0.2) is 13.1 Å². The molecular weight excluding hydrogens is 428 g/mol. The largest absolute Gasteiger partial charge is 0.417 e. The summed E-state index contributed by atoms with van der Waals surface area (Å²) in [6.45, 7) is -1.30. The van der Waals surface area contributed by atoms with Crippen molar-refractivity contribution < 1.29 is 39.6 Å². The van der Waals surface area contributed by atoms with E-state index in [1.807, 2.05) is 0 Å². The maximum Gasteiger partial charge on any atom is 0.417 e. The Morgan fingerprint density at radius 3 is 2.24 bits per heavy atom. The van der Waals surface area contributed by atoms with Gasteiger partial charge in [-0.3, -0.25) is 9.69 Å². The van der Waals surface area contributed by atoms with Crippen LogP contribution in [-0.2, 0) is 21.0 Å². The van der Waals surface area contributed by atoms with Crippen LogP contribution < -0.4 is 4.72 Å². The highest BCUT2D eigenvalue weighted by Crippen LogP contribution is 2.33. The Morgan fingerprint density at radius 2 is 1.76 bits per heavy atom. The lowest BCUT2D eigenvalue weighted by Crippen LogP contribution is -2.44. The Labute approximate surface area is 162 Å². The number of alkyl halides is 6. The second-order valence-corrected chi connectivity index (χ2v) is 8.13. The van der Waals surface area contributed by atoms with E-state index >= 15 is 0 Å². The second-order valence-electron chi connectivity index (χ2n) is 6.45. The Morgan fingerprint density at radius 1 is 1.17 bits per heavy atom. The third-order valence-electron chi connectivity index (χ3n) is 4.32. The first-order valence-corrected chi connectivity index (χ1v) is 9.68. The fourth-order valence-electron chi connectivity index (χ4n) is 2.90. The molecule has 0 saturated carbocycles. The van der Waals surface area contributed by atoms with Crippen molar-refractivity contribution in [3.05, 3.63) is 29.3 Å². The van der Waals surface area contributed by atoms with E-state index in [1.54, 1.807) is 4.72 Å². The van der Waals surface area contributed by atoms with Gasteiger partial charge in [-0.2, -0.15) is 31.6 Å². The third-order valence-corrected chi connectivity index (χ3v) is 5.67. The van der Waals surface area contributed by atoms with Gasteiger partial charge in [0.25, 0.3) is 10.0 Å². The van der Waals surface area contributed by atoms with Gasteiger partial charge in [0.2, 0.25) is 5.91 Å². The second kappa shape index (κ2) is 8.19. The van der Waals surface area contributed by atoms with Crippen LogP contribution in [0.2, 0.25) is 0 Å². The van der Waals surface area contributed by atoms with Crippen molar-refractivity contribution in [1.29, 1.82) is 5.26 Å². The first-order chi connectivity index (χ1) is 13.2. The monoisotopic (exact) mass is 443 g/mol. The predicted molar refractivity (Wildman–Crippen MR) is 86.7 cm³/mol. The zero-order valence-corrected chi connectivity index (χ0v) is 15.5. The number of rotatable bonds is 4. The third kappa shape index (κ3) is 6.07. The fraction of sp³-hybridized carbons (Fsp3) is 0.500. The highest BCUT2D eigenvalue weighted by Gasteiger charge is 2.37. The van der Waals surface area contributed by atoms with Gasteiger partial charge in [-0.05, 0) is 44.1 Å². The molecule has 1 aromatic rings. The number of nitrogens with zero attached hydrogens (tertiary/aromatic N) is 2. The van der Waals surface area contributed by atoms with E-state index in [-0.39, 0.29) is 32.0 Å². The number of sulfonamides is 1. The molecule has 1 amide bonds. The minimum Gasteiger partial charge on any atom is -0.295 e. The molecule has 0 unspecified atom stereocenters. The summed E-state index contributed by atoms with van der Waals surface area (Å²) >= 11 is 0. The maximum absolute atomic E-state index is 13.0. The normalized spacial score (nSPS) is 17.0. The van der Waals surface area contributed by atoms with Crippen molar-refractivity contribution in [2.75, 3.05) is 19.6 Å². The van der Waals surface area contributed by atoms with Crippen molar-refractivity contribution in [2.24, 2.45) is 5.92 Å². The molecule has 1 aromatic carbocycles. The summed E-state index contributed by atoms with van der Waals surface area (Å²) in [6.07, 6.45) is -9.44. The molecule has 0 spiro atoms. The number of hydrogen-bond donors (Lipinski definition) is 1. The number of amides is 1. The Bertz CT molecular complexity index is 913. The zero-order valence-electron chi connectivity index (χ0n) is 14.6. The summed E-state index contributed by atoms with van der Waals surface area (Å²) in [5.74, 6) is -1.90. The average molecular weight is 443 g/mol. The molecular formula is C16H15F6N3O3S. The predicted octanol–water partition coefficient (Wildman–Crippen LogP) is 2.66. The van der Waals surface area contributed by atoms with Gasteiger partial charge >= 0.3 is 12.4 Å². The van der Waals surface area contributed by atoms with E-state index in [0.717, 1.165) is 11.0 Å². The van der Waals surface area contributed by atoms with E-state index in [2.05, 4.69) is 0 Å². The number of benzene rings is 1. The molecule has 0 radical (unpaired) electrons. The number of carbonyl (C=O) groups excluding carboxylic acids is 1. The molecule has 0 aromatic heterocycles. The summed E-state index contributed by atoms with van der Waals surface area (Å²) in [6, 6.07) is 2.99. The molecule has 1 heterocycles. The fourth-order valence-corrected chi connectivity index (χ4v) is 3.97. The van der Waals surface area contributed by atoms with Crippen molar-refractivity contribution in [1.82, 2.24) is 9.62 Å². The number of hydrogen-bond acceptors (Lipinski definition) is 5. The van der Waals surface area contributed by atoms with Gasteiger partial charge in [-0.1, -0.05) is 0 Å². The van der Waals surface area contributed by atoms with Crippen LogP contribution >= 0.6 is 0 Å². The Hall–Kier alpha value is -2.33. The van der Waals surface area contributed by atoms with E-state index in [1.165, 1.54) is 6.07 Å². The van der Waals surface area contributed by atoms with E-state index in [0.29, 0.717) is 6.07 Å². The lowest BCUT2D eigenvalue weighted by Gasteiger charge is -2.31. The Balaban J connectivity index is 2.10. The quantitative estimate of drug-likeness (QED) is 0.723. The first kappa shape index (κ1) is 23.0. The number of carbonyl (C=O) groups is 1. The molecule has 1 aliphatic heterocycles. The molecule has 1 N–H and O–H groups in total. The smallest absolute Gasteiger partial charge is 0.295 e. The Kier molecular flexibility index (Phi) is 6.48. The number of likely N-dealkylation sites (tertiary alicyclic amines) is 1. The number of piperidine rings is 1. The number of nitrogens with one attached hydrogen (secondary N) is 1. The molecule has 6 nitrogen and oxygen atoms in total. The summed E-state index contributed by atoms with van der Waals surface area (Å²) in [4.78, 5) is 12.4. The average Bonchev–Trinajstić information content (AvgIpc) is 2.59. The molecule has 0 atom stereocenters. The maximum atomic E-state index is 13.0. The summed E-state index contributed by atoms with van der Waals surface area (Å²) in [5, 5.41) is 8.74. The van der Waals surface area contributed by atoms with Gasteiger partial charge in [0.1, 0.15) is 0 Å². The number of halogens is 6. The van der Waals surface area contributed by atoms with Gasteiger partial charge in [0.15, 0.2) is 0 Å². The van der Waals surface area contributed by atoms with E-state index < -0.39 is 56.8 Å². The highest BCUT2D eigenvalue weighted by molar-refractivity contribution is 7.90. The molecule has 1 saturated heterocycles. The van der Waals surface area contributed by atoms with Crippen molar-refractivity contribution in [3.8, 4) is 6.07 Å². The topological polar surface area (TPSA) is 90.3 Å². The summed E-state index contributed by atoms with van der Waals surface area (Å²) in [5.41, 5.74) is -2.24. The van der Waals surface area contributed by atoms with Crippen LogP contribution in [0, 0.1) is 17.2 Å². The van der Waals surface area contributed by atoms with Crippen LogP contribution in [-0.4, -0.2) is 45.0 Å². The summed E-state index contributed by atoms with van der Waals surface area (Å²) in [7, 11) is -4.66. The van der Waals surface area contributed by atoms with Crippen molar-refractivity contribution >= 4 is 15.9 Å². The SMILES string of the molecule is N#Cc1ccc(S(=O)(=O)NC(=O)C2CCN(CC(F)(F)F)CC2)cc1C(F)(F)F. The van der Waals surface area contributed by atoms with Gasteiger partial charge in [-0.15, -0.1) is 0 Å². The van der Waals surface area contributed by atoms with Crippen LogP contribution in [0.5, 0.6) is 0 Å². The van der Waals surface area contributed by atoms with Crippen LogP contribution in [0.15, 0.2) is 23.1 Å². The molecule has 2 rings (SSSR count). The molecule has 0 bridgehead atoms. The van der Waals surface area contributed by atoms with Crippen molar-refractivity contribution in [3.63, 3.8) is 0 Å². The lowest BCUT2D eigenvalue weighted by atomic mass is 9.96.